The van der Waals surface area contributed by atoms with Gasteiger partial charge >= 0.3 is 0 Å². The largest absolute Gasteiger partial charge is 0.494 e. The second-order valence-corrected chi connectivity index (χ2v) is 4.98. The van der Waals surface area contributed by atoms with E-state index >= 15 is 0 Å². The molecule has 0 saturated heterocycles. The smallest absolute Gasteiger partial charge is 0.255 e. The van der Waals surface area contributed by atoms with E-state index in [2.05, 4.69) is 5.32 Å². The lowest BCUT2D eigenvalue weighted by Crippen LogP contribution is -2.39. The SMILES string of the molecule is CCC(CC)(CO)CNC(=O)c1cccc(N)c1OC. The molecule has 1 amide bonds. The van der Waals surface area contributed by atoms with Gasteiger partial charge in [-0.2, -0.15) is 0 Å². The van der Waals surface area contributed by atoms with Gasteiger partial charge in [-0.05, 0) is 25.0 Å². The molecule has 5 heteroatoms. The van der Waals surface area contributed by atoms with E-state index < -0.39 is 0 Å². The fourth-order valence-electron chi connectivity index (χ4n) is 2.10. The summed E-state index contributed by atoms with van der Waals surface area (Å²) < 4.78 is 5.17. The first-order valence-electron chi connectivity index (χ1n) is 6.85. The van der Waals surface area contributed by atoms with Crippen molar-refractivity contribution in [2.75, 3.05) is 26.0 Å². The Morgan fingerprint density at radius 1 is 1.40 bits per heavy atom. The number of methoxy groups -OCH3 is 1. The van der Waals surface area contributed by atoms with Gasteiger partial charge in [0, 0.05) is 12.0 Å². The first kappa shape index (κ1) is 16.3. The number of carbonyl (C=O) groups excluding carboxylic acids is 1. The van der Waals surface area contributed by atoms with Gasteiger partial charge in [0.25, 0.3) is 5.91 Å². The number of hydrogen-bond donors (Lipinski definition) is 3. The monoisotopic (exact) mass is 280 g/mol. The molecule has 1 aromatic carbocycles. The van der Waals surface area contributed by atoms with Crippen molar-refractivity contribution in [3.05, 3.63) is 23.8 Å². The molecule has 0 aromatic heterocycles. The van der Waals surface area contributed by atoms with Gasteiger partial charge in [0.05, 0.1) is 25.0 Å². The molecule has 0 unspecified atom stereocenters. The van der Waals surface area contributed by atoms with Crippen LogP contribution in [0.2, 0.25) is 0 Å². The van der Waals surface area contributed by atoms with Crippen LogP contribution in [0.15, 0.2) is 18.2 Å². The van der Waals surface area contributed by atoms with Crippen LogP contribution in [0.1, 0.15) is 37.0 Å². The Morgan fingerprint density at radius 3 is 2.55 bits per heavy atom. The predicted molar refractivity (Wildman–Crippen MR) is 79.8 cm³/mol. The highest BCUT2D eigenvalue weighted by Crippen LogP contribution is 2.27. The lowest BCUT2D eigenvalue weighted by Gasteiger charge is -2.29. The summed E-state index contributed by atoms with van der Waals surface area (Å²) in [5, 5.41) is 12.4. The van der Waals surface area contributed by atoms with E-state index in [0.717, 1.165) is 12.8 Å². The molecule has 0 aliphatic rings. The normalized spacial score (nSPS) is 11.2. The van der Waals surface area contributed by atoms with Crippen LogP contribution in [0, 0.1) is 5.41 Å². The third kappa shape index (κ3) is 3.42. The molecular formula is C15H24N2O3. The maximum Gasteiger partial charge on any atom is 0.255 e. The number of aliphatic hydroxyl groups is 1. The van der Waals surface area contributed by atoms with Crippen LogP contribution in [0.3, 0.4) is 0 Å². The van der Waals surface area contributed by atoms with Crippen molar-refractivity contribution < 1.29 is 14.6 Å². The summed E-state index contributed by atoms with van der Waals surface area (Å²) >= 11 is 0. The fourth-order valence-corrected chi connectivity index (χ4v) is 2.10. The molecule has 0 fully saturated rings. The number of para-hydroxylation sites is 1. The fraction of sp³-hybridized carbons (Fsp3) is 0.533. The quantitative estimate of drug-likeness (QED) is 0.665. The van der Waals surface area contributed by atoms with E-state index in [-0.39, 0.29) is 17.9 Å². The van der Waals surface area contributed by atoms with Crippen molar-refractivity contribution in [3.8, 4) is 5.75 Å². The minimum absolute atomic E-state index is 0.0499. The minimum atomic E-state index is -0.275. The van der Waals surface area contributed by atoms with Crippen molar-refractivity contribution in [3.63, 3.8) is 0 Å². The zero-order valence-electron chi connectivity index (χ0n) is 12.4. The van der Waals surface area contributed by atoms with E-state index in [1.54, 1.807) is 18.2 Å². The standard InChI is InChI=1S/C15H24N2O3/c1-4-15(5-2,10-18)9-17-14(19)11-7-6-8-12(16)13(11)20-3/h6-8,18H,4-5,9-10,16H2,1-3H3,(H,17,19). The molecule has 0 spiro atoms. The van der Waals surface area contributed by atoms with Gasteiger partial charge in [-0.15, -0.1) is 0 Å². The third-order valence-corrected chi connectivity index (χ3v) is 3.95. The highest BCUT2D eigenvalue weighted by molar-refractivity contribution is 5.98. The van der Waals surface area contributed by atoms with E-state index in [0.29, 0.717) is 23.5 Å². The first-order chi connectivity index (χ1) is 9.53. The number of nitrogens with two attached hydrogens (primary N) is 1. The molecule has 5 nitrogen and oxygen atoms in total. The maximum absolute atomic E-state index is 12.2. The predicted octanol–water partition coefficient (Wildman–Crippen LogP) is 1.81. The number of hydrogen-bond acceptors (Lipinski definition) is 4. The molecule has 0 radical (unpaired) electrons. The van der Waals surface area contributed by atoms with Crippen LogP contribution in [0.25, 0.3) is 0 Å². The summed E-state index contributed by atoms with van der Waals surface area (Å²) in [5.41, 5.74) is 6.35. The summed E-state index contributed by atoms with van der Waals surface area (Å²) in [4.78, 5) is 12.2. The Labute approximate surface area is 120 Å². The Hall–Kier alpha value is -1.75. The molecule has 0 bridgehead atoms. The van der Waals surface area contributed by atoms with Crippen LogP contribution in [0.4, 0.5) is 5.69 Å². The summed E-state index contributed by atoms with van der Waals surface area (Å²) in [5.74, 6) is 0.140. The van der Waals surface area contributed by atoms with Crippen molar-refractivity contribution in [1.29, 1.82) is 0 Å². The number of anilines is 1. The highest BCUT2D eigenvalue weighted by atomic mass is 16.5. The zero-order chi connectivity index (χ0) is 15.2. The number of benzene rings is 1. The van der Waals surface area contributed by atoms with Crippen molar-refractivity contribution in [2.24, 2.45) is 5.41 Å². The molecule has 0 aliphatic heterocycles. The molecule has 0 saturated carbocycles. The number of amides is 1. The number of ether oxygens (including phenoxy) is 1. The topological polar surface area (TPSA) is 84.6 Å². The summed E-state index contributed by atoms with van der Waals surface area (Å²) in [6.07, 6.45) is 1.60. The average Bonchev–Trinajstić information content (AvgIpc) is 2.48. The second-order valence-electron chi connectivity index (χ2n) is 4.98. The lowest BCUT2D eigenvalue weighted by molar-refractivity contribution is 0.0848. The molecule has 4 N–H and O–H groups in total. The number of nitrogen functional groups attached to an aromatic ring is 1. The summed E-state index contributed by atoms with van der Waals surface area (Å²) in [6, 6.07) is 5.07. The Kier molecular flexibility index (Phi) is 5.82. The second kappa shape index (κ2) is 7.14. The summed E-state index contributed by atoms with van der Waals surface area (Å²) in [6.45, 7) is 4.49. The van der Waals surface area contributed by atoms with Gasteiger partial charge in [-0.25, -0.2) is 0 Å². The van der Waals surface area contributed by atoms with Crippen LogP contribution >= 0.6 is 0 Å². The van der Waals surface area contributed by atoms with Crippen LogP contribution in [0.5, 0.6) is 5.75 Å². The molecule has 20 heavy (non-hydrogen) atoms. The van der Waals surface area contributed by atoms with Gasteiger partial charge in [0.2, 0.25) is 0 Å². The number of carbonyl (C=O) groups is 1. The number of nitrogens with one attached hydrogen (secondary N) is 1. The maximum atomic E-state index is 12.2. The summed E-state index contributed by atoms with van der Waals surface area (Å²) in [7, 11) is 1.48. The number of aliphatic hydroxyl groups excluding tert-OH is 1. The van der Waals surface area contributed by atoms with Gasteiger partial charge < -0.3 is 20.9 Å². The van der Waals surface area contributed by atoms with Gasteiger partial charge in [0.1, 0.15) is 0 Å². The molecule has 0 atom stereocenters. The molecule has 1 aromatic rings. The van der Waals surface area contributed by atoms with Crippen molar-refractivity contribution in [1.82, 2.24) is 5.32 Å². The molecule has 0 heterocycles. The van der Waals surface area contributed by atoms with Crippen LogP contribution < -0.4 is 15.8 Å². The van der Waals surface area contributed by atoms with Crippen molar-refractivity contribution in [2.45, 2.75) is 26.7 Å². The van der Waals surface area contributed by atoms with E-state index in [9.17, 15) is 9.90 Å². The Morgan fingerprint density at radius 2 is 2.05 bits per heavy atom. The van der Waals surface area contributed by atoms with Gasteiger partial charge in [-0.3, -0.25) is 4.79 Å². The van der Waals surface area contributed by atoms with Gasteiger partial charge in [-0.1, -0.05) is 19.9 Å². The van der Waals surface area contributed by atoms with E-state index in [1.807, 2.05) is 13.8 Å². The number of rotatable bonds is 7. The molecule has 1 rings (SSSR count). The Balaban J connectivity index is 2.85. The van der Waals surface area contributed by atoms with Crippen molar-refractivity contribution >= 4 is 11.6 Å². The average molecular weight is 280 g/mol. The molecule has 0 aliphatic carbocycles. The zero-order valence-corrected chi connectivity index (χ0v) is 12.4. The van der Waals surface area contributed by atoms with Gasteiger partial charge in [0.15, 0.2) is 5.75 Å². The highest BCUT2D eigenvalue weighted by Gasteiger charge is 2.26. The van der Waals surface area contributed by atoms with Crippen LogP contribution in [-0.4, -0.2) is 31.3 Å². The molecule has 112 valence electrons. The third-order valence-electron chi connectivity index (χ3n) is 3.95. The Bertz CT molecular complexity index is 448. The molecular weight excluding hydrogens is 256 g/mol. The lowest BCUT2D eigenvalue weighted by atomic mass is 9.83. The first-order valence-corrected chi connectivity index (χ1v) is 6.85. The van der Waals surface area contributed by atoms with E-state index in [1.165, 1.54) is 7.11 Å². The minimum Gasteiger partial charge on any atom is -0.494 e. The van der Waals surface area contributed by atoms with Crippen LogP contribution in [-0.2, 0) is 0 Å². The van der Waals surface area contributed by atoms with E-state index in [4.69, 9.17) is 10.5 Å².